The Bertz CT molecular complexity index is 1040. The first-order valence-electron chi connectivity index (χ1n) is 7.66. The van der Waals surface area contributed by atoms with Crippen LogP contribution >= 0.6 is 23.5 Å². The number of aliphatic hydroxyl groups is 1. The number of aromatic nitrogens is 2. The maximum Gasteiger partial charge on any atom is 0.490 e. The molecule has 6 atom stereocenters. The molecule has 20 heteroatoms. The third-order valence-corrected chi connectivity index (χ3v) is 7.55. The summed E-state index contributed by atoms with van der Waals surface area (Å²) in [4.78, 5) is 60.6. The zero-order valence-corrected chi connectivity index (χ0v) is 17.6. The standard InChI is InChI=1S/C10H18N3O14P3/c1-10(11)7(15)5(25-8(10)13-3-2-6(14)12-9(13)16)4-24-29(20,21)27-30(22,23)26-28(17,18)19/h2-3,5,7-8,15H,4,11H2,1H3,(H,20,21)(H,22,23)(H,12,14,16)(H2,17,18,19)/t5-,7-,8-,10-/m1/s1. The lowest BCUT2D eigenvalue weighted by atomic mass is 9.93. The molecule has 30 heavy (non-hydrogen) atoms. The van der Waals surface area contributed by atoms with Gasteiger partial charge in [-0.2, -0.15) is 8.62 Å². The molecule has 1 fully saturated rings. The van der Waals surface area contributed by atoms with Gasteiger partial charge in [0.25, 0.3) is 5.56 Å². The van der Waals surface area contributed by atoms with Crippen LogP contribution < -0.4 is 17.0 Å². The SMILES string of the molecule is C[C@@]1(N)[C@H](O)[C@@H](COP(=O)(O)OP(=O)(O)OP(=O)(O)O)O[C@H]1n1ccc(=O)[nH]c1=O. The number of nitrogens with one attached hydrogen (secondary N) is 1. The van der Waals surface area contributed by atoms with Gasteiger partial charge in [-0.05, 0) is 6.92 Å². The lowest BCUT2D eigenvalue weighted by molar-refractivity contribution is -0.0478. The zero-order chi connectivity index (χ0) is 23.1. The minimum Gasteiger partial charge on any atom is -0.388 e. The summed E-state index contributed by atoms with van der Waals surface area (Å²) >= 11 is 0. The summed E-state index contributed by atoms with van der Waals surface area (Å²) in [6.45, 7) is 0.289. The number of H-pyrrole nitrogens is 1. The molecule has 0 bridgehead atoms. The van der Waals surface area contributed by atoms with Crippen molar-refractivity contribution in [3.05, 3.63) is 33.1 Å². The van der Waals surface area contributed by atoms with Gasteiger partial charge in [0.15, 0.2) is 6.23 Å². The Labute approximate surface area is 166 Å². The Balaban J connectivity index is 2.13. The third kappa shape index (κ3) is 6.24. The van der Waals surface area contributed by atoms with Gasteiger partial charge in [0, 0.05) is 12.3 Å². The van der Waals surface area contributed by atoms with Crippen molar-refractivity contribution in [3.8, 4) is 0 Å². The van der Waals surface area contributed by atoms with Crippen molar-refractivity contribution in [2.24, 2.45) is 5.73 Å². The smallest absolute Gasteiger partial charge is 0.388 e. The molecule has 1 saturated heterocycles. The van der Waals surface area contributed by atoms with Crippen LogP contribution in [0.25, 0.3) is 0 Å². The maximum absolute atomic E-state index is 11.9. The molecule has 0 amide bonds. The number of rotatable bonds is 8. The summed E-state index contributed by atoms with van der Waals surface area (Å²) in [6.07, 6.45) is -3.43. The highest BCUT2D eigenvalue weighted by atomic mass is 31.3. The number of phosphoric acid groups is 3. The van der Waals surface area contributed by atoms with Gasteiger partial charge < -0.3 is 35.2 Å². The van der Waals surface area contributed by atoms with Gasteiger partial charge in [-0.25, -0.2) is 18.5 Å². The fourth-order valence-electron chi connectivity index (χ4n) is 2.51. The third-order valence-electron chi connectivity index (χ3n) is 3.75. The molecule has 0 spiro atoms. The quantitative estimate of drug-likeness (QED) is 0.189. The molecular formula is C10H18N3O14P3. The molecular weight excluding hydrogens is 479 g/mol. The van der Waals surface area contributed by atoms with Gasteiger partial charge in [-0.15, -0.1) is 0 Å². The molecule has 1 aliphatic rings. The summed E-state index contributed by atoms with van der Waals surface area (Å²) in [5, 5.41) is 10.3. The second-order valence-corrected chi connectivity index (χ2v) is 10.7. The summed E-state index contributed by atoms with van der Waals surface area (Å²) < 4.78 is 51.4. The van der Waals surface area contributed by atoms with Crippen molar-refractivity contribution < 1.29 is 56.3 Å². The number of aromatic amines is 1. The zero-order valence-electron chi connectivity index (χ0n) is 14.9. The number of hydrogen-bond acceptors (Lipinski definition) is 11. The molecule has 2 heterocycles. The van der Waals surface area contributed by atoms with E-state index in [4.69, 9.17) is 25.2 Å². The van der Waals surface area contributed by atoms with Crippen LogP contribution in [0.4, 0.5) is 0 Å². The molecule has 1 aliphatic heterocycles. The van der Waals surface area contributed by atoms with Crippen LogP contribution in [0.5, 0.6) is 0 Å². The fourth-order valence-corrected chi connectivity index (χ4v) is 5.54. The van der Waals surface area contributed by atoms with E-state index in [1.54, 1.807) is 0 Å². The van der Waals surface area contributed by atoms with Gasteiger partial charge in [0.2, 0.25) is 0 Å². The Kier molecular flexibility index (Phi) is 7.14. The van der Waals surface area contributed by atoms with Crippen molar-refractivity contribution in [1.82, 2.24) is 9.55 Å². The van der Waals surface area contributed by atoms with E-state index in [0.717, 1.165) is 16.8 Å². The van der Waals surface area contributed by atoms with Crippen LogP contribution in [0.3, 0.4) is 0 Å². The van der Waals surface area contributed by atoms with Gasteiger partial charge in [0.1, 0.15) is 12.2 Å². The van der Waals surface area contributed by atoms with Crippen molar-refractivity contribution in [1.29, 1.82) is 0 Å². The second-order valence-electron chi connectivity index (χ2n) is 6.24. The van der Waals surface area contributed by atoms with Gasteiger partial charge in [-0.3, -0.25) is 18.9 Å². The molecule has 1 aromatic rings. The van der Waals surface area contributed by atoms with Crippen molar-refractivity contribution in [2.75, 3.05) is 6.61 Å². The highest BCUT2D eigenvalue weighted by molar-refractivity contribution is 7.66. The number of phosphoric ester groups is 1. The highest BCUT2D eigenvalue weighted by Crippen LogP contribution is 2.66. The van der Waals surface area contributed by atoms with E-state index in [9.17, 15) is 33.3 Å². The van der Waals surface area contributed by atoms with Crippen LogP contribution in [0.2, 0.25) is 0 Å². The number of hydrogen-bond donors (Lipinski definition) is 7. The van der Waals surface area contributed by atoms with Crippen LogP contribution in [0.1, 0.15) is 13.2 Å². The lowest BCUT2D eigenvalue weighted by Gasteiger charge is -2.28. The number of ether oxygens (including phenoxy) is 1. The summed E-state index contributed by atoms with van der Waals surface area (Å²) in [6, 6.07) is 0.979. The van der Waals surface area contributed by atoms with Crippen LogP contribution in [0, 0.1) is 0 Å². The maximum atomic E-state index is 11.9. The molecule has 0 aliphatic carbocycles. The van der Waals surface area contributed by atoms with Gasteiger partial charge >= 0.3 is 29.2 Å². The molecule has 0 aromatic carbocycles. The molecule has 0 radical (unpaired) electrons. The summed E-state index contributed by atoms with van der Waals surface area (Å²) in [7, 11) is -16.7. The first-order chi connectivity index (χ1) is 13.4. The largest absolute Gasteiger partial charge is 0.490 e. The Morgan fingerprint density at radius 3 is 2.33 bits per heavy atom. The van der Waals surface area contributed by atoms with Crippen molar-refractivity contribution in [3.63, 3.8) is 0 Å². The Hall–Kier alpha value is -1.03. The number of nitrogens with zero attached hydrogens (tertiary/aromatic N) is 1. The first-order valence-corrected chi connectivity index (χ1v) is 12.2. The average Bonchev–Trinajstić information content (AvgIpc) is 2.73. The first kappa shape index (κ1) is 25.2. The van der Waals surface area contributed by atoms with Crippen molar-refractivity contribution in [2.45, 2.75) is 30.9 Å². The molecule has 172 valence electrons. The molecule has 8 N–H and O–H groups in total. The van der Waals surface area contributed by atoms with Gasteiger partial charge in [0.05, 0.1) is 12.1 Å². The Morgan fingerprint density at radius 2 is 1.80 bits per heavy atom. The van der Waals surface area contributed by atoms with E-state index in [1.165, 1.54) is 6.92 Å². The summed E-state index contributed by atoms with van der Waals surface area (Å²) in [5.41, 5.74) is 2.66. The van der Waals surface area contributed by atoms with Crippen LogP contribution in [-0.2, 0) is 31.6 Å². The molecule has 1 aromatic heterocycles. The minimum absolute atomic E-state index is 0.710. The van der Waals surface area contributed by atoms with Crippen LogP contribution in [-0.4, -0.2) is 58.6 Å². The normalized spacial score (nSPS) is 31.2. The summed E-state index contributed by atoms with van der Waals surface area (Å²) in [5.74, 6) is 0. The molecule has 2 rings (SSSR count). The van der Waals surface area contributed by atoms with E-state index < -0.39 is 65.3 Å². The fraction of sp³-hybridized carbons (Fsp3) is 0.600. The van der Waals surface area contributed by atoms with E-state index >= 15 is 0 Å². The second kappa shape index (κ2) is 8.48. The van der Waals surface area contributed by atoms with Crippen molar-refractivity contribution >= 4 is 23.5 Å². The van der Waals surface area contributed by atoms with Gasteiger partial charge in [-0.1, -0.05) is 0 Å². The van der Waals surface area contributed by atoms with E-state index in [1.807, 2.05) is 4.98 Å². The van der Waals surface area contributed by atoms with E-state index in [-0.39, 0.29) is 0 Å². The molecule has 2 unspecified atom stereocenters. The van der Waals surface area contributed by atoms with Crippen LogP contribution in [0.15, 0.2) is 21.9 Å². The highest BCUT2D eigenvalue weighted by Gasteiger charge is 2.53. The minimum atomic E-state index is -5.72. The number of aliphatic hydroxyl groups excluding tert-OH is 1. The van der Waals surface area contributed by atoms with E-state index in [2.05, 4.69) is 13.1 Å². The Morgan fingerprint density at radius 1 is 1.20 bits per heavy atom. The van der Waals surface area contributed by atoms with E-state index in [0.29, 0.717) is 0 Å². The average molecular weight is 497 g/mol. The lowest BCUT2D eigenvalue weighted by Crippen LogP contribution is -2.53. The molecule has 17 nitrogen and oxygen atoms in total. The molecule has 0 saturated carbocycles. The monoisotopic (exact) mass is 497 g/mol. The predicted octanol–water partition coefficient (Wildman–Crippen LogP) is -2.14. The predicted molar refractivity (Wildman–Crippen MR) is 93.6 cm³/mol. The topological polar surface area (TPSA) is 270 Å². The number of nitrogens with two attached hydrogens (primary N) is 1.